The highest BCUT2D eigenvalue weighted by Crippen LogP contribution is 2.46. The van der Waals surface area contributed by atoms with Crippen LogP contribution in [0.2, 0.25) is 0 Å². The number of halogens is 1. The Morgan fingerprint density at radius 2 is 2.10 bits per heavy atom. The SMILES string of the molecule is O=C(CCl)N1OC[C@H]2COc3ccc4ccccc4c3[C@@H]21. The maximum absolute atomic E-state index is 12.0. The number of rotatable bonds is 1. The number of hydrogen-bond donors (Lipinski definition) is 0. The number of benzene rings is 2. The molecule has 0 bridgehead atoms. The van der Waals surface area contributed by atoms with E-state index in [1.807, 2.05) is 24.3 Å². The van der Waals surface area contributed by atoms with E-state index in [9.17, 15) is 4.79 Å². The fourth-order valence-corrected chi connectivity index (χ4v) is 3.34. The van der Waals surface area contributed by atoms with Gasteiger partial charge >= 0.3 is 0 Å². The lowest BCUT2D eigenvalue weighted by atomic mass is 9.88. The van der Waals surface area contributed by atoms with Gasteiger partial charge in [-0.15, -0.1) is 11.6 Å². The summed E-state index contributed by atoms with van der Waals surface area (Å²) in [5, 5.41) is 3.67. The van der Waals surface area contributed by atoms with Gasteiger partial charge in [-0.25, -0.2) is 5.06 Å². The molecule has 0 aliphatic carbocycles. The quantitative estimate of drug-likeness (QED) is 0.760. The second-order valence-electron chi connectivity index (χ2n) is 5.36. The summed E-state index contributed by atoms with van der Waals surface area (Å²) >= 11 is 5.71. The Labute approximate surface area is 127 Å². The molecule has 21 heavy (non-hydrogen) atoms. The van der Waals surface area contributed by atoms with Gasteiger partial charge in [0, 0.05) is 11.5 Å². The summed E-state index contributed by atoms with van der Waals surface area (Å²) in [6.45, 7) is 1.04. The van der Waals surface area contributed by atoms with E-state index in [4.69, 9.17) is 21.2 Å². The molecule has 0 radical (unpaired) electrons. The lowest BCUT2D eigenvalue weighted by molar-refractivity contribution is -0.174. The molecule has 0 unspecified atom stereocenters. The van der Waals surface area contributed by atoms with Gasteiger partial charge in [-0.2, -0.15) is 0 Å². The third-order valence-corrected chi connectivity index (χ3v) is 4.39. The molecule has 108 valence electrons. The number of amides is 1. The minimum absolute atomic E-state index is 0.0792. The summed E-state index contributed by atoms with van der Waals surface area (Å²) in [5.41, 5.74) is 1.03. The monoisotopic (exact) mass is 303 g/mol. The van der Waals surface area contributed by atoms with Crippen molar-refractivity contribution < 1.29 is 14.4 Å². The number of ether oxygens (including phenoxy) is 1. The van der Waals surface area contributed by atoms with E-state index < -0.39 is 0 Å². The first-order valence-electron chi connectivity index (χ1n) is 6.95. The van der Waals surface area contributed by atoms with Crippen molar-refractivity contribution in [1.82, 2.24) is 5.06 Å². The smallest absolute Gasteiger partial charge is 0.261 e. The van der Waals surface area contributed by atoms with E-state index in [0.29, 0.717) is 13.2 Å². The van der Waals surface area contributed by atoms with Crippen molar-refractivity contribution in [1.29, 1.82) is 0 Å². The number of nitrogens with zero attached hydrogens (tertiary/aromatic N) is 1. The summed E-state index contributed by atoms with van der Waals surface area (Å²) in [6, 6.07) is 12.0. The topological polar surface area (TPSA) is 38.8 Å². The predicted octanol–water partition coefficient (Wildman–Crippen LogP) is 2.90. The van der Waals surface area contributed by atoms with Crippen LogP contribution >= 0.6 is 11.6 Å². The molecule has 1 saturated heterocycles. The van der Waals surface area contributed by atoms with Crippen LogP contribution in [0.15, 0.2) is 36.4 Å². The fraction of sp³-hybridized carbons (Fsp3) is 0.312. The Bertz CT molecular complexity index is 718. The number of hydroxylamine groups is 2. The third kappa shape index (κ3) is 1.90. The molecule has 0 aromatic heterocycles. The maximum atomic E-state index is 12.0. The third-order valence-electron chi connectivity index (χ3n) is 4.17. The van der Waals surface area contributed by atoms with E-state index >= 15 is 0 Å². The van der Waals surface area contributed by atoms with Crippen LogP contribution in [0.25, 0.3) is 10.8 Å². The number of hydrogen-bond acceptors (Lipinski definition) is 3. The predicted molar refractivity (Wildman–Crippen MR) is 79.2 cm³/mol. The molecule has 2 aromatic carbocycles. The van der Waals surface area contributed by atoms with Crippen LogP contribution in [0, 0.1) is 5.92 Å². The van der Waals surface area contributed by atoms with Crippen LogP contribution in [-0.2, 0) is 9.63 Å². The molecule has 2 aliphatic heterocycles. The zero-order valence-corrected chi connectivity index (χ0v) is 12.0. The van der Waals surface area contributed by atoms with Crippen LogP contribution in [0.4, 0.5) is 0 Å². The molecule has 4 rings (SSSR count). The van der Waals surface area contributed by atoms with Crippen molar-refractivity contribution in [3.05, 3.63) is 42.0 Å². The second-order valence-corrected chi connectivity index (χ2v) is 5.63. The molecule has 0 N–H and O–H groups in total. The highest BCUT2D eigenvalue weighted by atomic mass is 35.5. The van der Waals surface area contributed by atoms with Gasteiger partial charge in [-0.1, -0.05) is 30.3 Å². The van der Waals surface area contributed by atoms with Crippen LogP contribution in [0.3, 0.4) is 0 Å². The summed E-state index contributed by atoms with van der Waals surface area (Å²) in [4.78, 5) is 17.6. The van der Waals surface area contributed by atoms with Crippen molar-refractivity contribution in [2.45, 2.75) is 6.04 Å². The van der Waals surface area contributed by atoms with Gasteiger partial charge in [0.1, 0.15) is 11.6 Å². The van der Waals surface area contributed by atoms with Gasteiger partial charge in [0.25, 0.3) is 5.91 Å². The minimum atomic E-state index is -0.204. The normalized spacial score (nSPS) is 23.6. The van der Waals surface area contributed by atoms with E-state index in [1.54, 1.807) is 0 Å². The van der Waals surface area contributed by atoms with Gasteiger partial charge in [0.15, 0.2) is 0 Å². The number of carbonyl (C=O) groups is 1. The van der Waals surface area contributed by atoms with Gasteiger partial charge in [-0.05, 0) is 16.8 Å². The summed E-state index contributed by atoms with van der Waals surface area (Å²) < 4.78 is 5.86. The molecular formula is C16H14ClNO3. The number of fused-ring (bicyclic) bond motifs is 5. The van der Waals surface area contributed by atoms with Crippen molar-refractivity contribution in [2.24, 2.45) is 5.92 Å². The Morgan fingerprint density at radius 1 is 1.24 bits per heavy atom. The Balaban J connectivity index is 1.92. The Hall–Kier alpha value is -1.78. The fourth-order valence-electron chi connectivity index (χ4n) is 3.22. The van der Waals surface area contributed by atoms with Crippen LogP contribution in [0.1, 0.15) is 11.6 Å². The molecule has 5 heteroatoms. The van der Waals surface area contributed by atoms with Crippen LogP contribution in [0.5, 0.6) is 5.75 Å². The first-order valence-corrected chi connectivity index (χ1v) is 7.48. The van der Waals surface area contributed by atoms with E-state index in [0.717, 1.165) is 22.1 Å². The van der Waals surface area contributed by atoms with Crippen LogP contribution in [-0.4, -0.2) is 30.1 Å². The zero-order chi connectivity index (χ0) is 14.4. The molecule has 1 fully saturated rings. The molecular weight excluding hydrogens is 290 g/mol. The summed E-state index contributed by atoms with van der Waals surface area (Å²) in [5.74, 6) is 0.692. The zero-order valence-electron chi connectivity index (χ0n) is 11.3. The molecule has 2 aliphatic rings. The lowest BCUT2D eigenvalue weighted by Crippen LogP contribution is -2.35. The van der Waals surface area contributed by atoms with Gasteiger partial charge in [0.05, 0.1) is 19.3 Å². The van der Waals surface area contributed by atoms with E-state index in [1.165, 1.54) is 5.06 Å². The average molecular weight is 304 g/mol. The highest BCUT2D eigenvalue weighted by Gasteiger charge is 2.44. The van der Waals surface area contributed by atoms with Crippen molar-refractivity contribution in [3.63, 3.8) is 0 Å². The van der Waals surface area contributed by atoms with Crippen molar-refractivity contribution in [3.8, 4) is 5.75 Å². The summed E-state index contributed by atoms with van der Waals surface area (Å²) in [6.07, 6.45) is 0. The van der Waals surface area contributed by atoms with E-state index in [2.05, 4.69) is 12.1 Å². The van der Waals surface area contributed by atoms with Gasteiger partial charge in [0.2, 0.25) is 0 Å². The molecule has 1 amide bonds. The molecule has 2 atom stereocenters. The molecule has 2 aromatic rings. The number of alkyl halides is 1. The Morgan fingerprint density at radius 3 is 2.95 bits per heavy atom. The molecule has 2 heterocycles. The first-order chi connectivity index (χ1) is 10.3. The molecule has 0 saturated carbocycles. The largest absolute Gasteiger partial charge is 0.493 e. The highest BCUT2D eigenvalue weighted by molar-refractivity contribution is 6.27. The average Bonchev–Trinajstić information content (AvgIpc) is 2.97. The van der Waals surface area contributed by atoms with Crippen molar-refractivity contribution >= 4 is 28.3 Å². The standard InChI is InChI=1S/C16H14ClNO3/c17-7-14(19)18-16-11(9-21-18)8-20-13-6-5-10-3-1-2-4-12(10)15(13)16/h1-6,11,16H,7-9H2/t11-,16-/m1/s1. The van der Waals surface area contributed by atoms with Crippen molar-refractivity contribution in [2.75, 3.05) is 19.1 Å². The van der Waals surface area contributed by atoms with Gasteiger partial charge < -0.3 is 4.74 Å². The van der Waals surface area contributed by atoms with E-state index in [-0.39, 0.29) is 23.7 Å². The molecule has 0 spiro atoms. The molecule has 4 nitrogen and oxygen atoms in total. The second kappa shape index (κ2) is 4.90. The Kier molecular flexibility index (Phi) is 3.01. The maximum Gasteiger partial charge on any atom is 0.261 e. The summed E-state index contributed by atoms with van der Waals surface area (Å²) in [7, 11) is 0. The van der Waals surface area contributed by atoms with Crippen LogP contribution < -0.4 is 4.74 Å². The minimum Gasteiger partial charge on any atom is -0.493 e. The van der Waals surface area contributed by atoms with Gasteiger partial charge in [-0.3, -0.25) is 9.63 Å². The first kappa shape index (κ1) is 12.9. The lowest BCUT2D eigenvalue weighted by Gasteiger charge is -2.32. The number of carbonyl (C=O) groups excluding carboxylic acids is 1.